The van der Waals surface area contributed by atoms with Crippen LogP contribution in [0.3, 0.4) is 0 Å². The smallest absolute Gasteiger partial charge is 0.135 e. The van der Waals surface area contributed by atoms with Gasteiger partial charge in [-0.2, -0.15) is 0 Å². The maximum Gasteiger partial charge on any atom is 0.135 e. The van der Waals surface area contributed by atoms with Gasteiger partial charge in [-0.25, -0.2) is 0 Å². The number of pyridine rings is 1. The number of hydrogen-bond acceptors (Lipinski definition) is 3. The van der Waals surface area contributed by atoms with Gasteiger partial charge in [-0.15, -0.1) is 11.6 Å². The lowest BCUT2D eigenvalue weighted by Crippen LogP contribution is -1.94. The zero-order valence-electron chi connectivity index (χ0n) is 11.0. The van der Waals surface area contributed by atoms with Crippen LogP contribution in [0, 0.1) is 6.92 Å². The number of rotatable bonds is 5. The SMILES string of the molecule is CCOc1ccc(Oc2cc(C)ncc2CCl)cc1. The molecule has 0 aliphatic rings. The van der Waals surface area contributed by atoms with Crippen molar-refractivity contribution in [3.05, 3.63) is 47.8 Å². The largest absolute Gasteiger partial charge is 0.494 e. The highest BCUT2D eigenvalue weighted by Crippen LogP contribution is 2.28. The van der Waals surface area contributed by atoms with Gasteiger partial charge in [-0.05, 0) is 38.1 Å². The molecule has 0 aliphatic heterocycles. The first kappa shape index (κ1) is 13.7. The summed E-state index contributed by atoms with van der Waals surface area (Å²) in [4.78, 5) is 4.21. The van der Waals surface area contributed by atoms with Crippen LogP contribution in [-0.2, 0) is 5.88 Å². The van der Waals surface area contributed by atoms with Crippen molar-refractivity contribution >= 4 is 11.6 Å². The molecule has 1 aromatic heterocycles. The summed E-state index contributed by atoms with van der Waals surface area (Å²) in [6, 6.07) is 9.40. The Kier molecular flexibility index (Phi) is 4.63. The van der Waals surface area contributed by atoms with Crippen LogP contribution in [0.4, 0.5) is 0 Å². The van der Waals surface area contributed by atoms with E-state index in [1.54, 1.807) is 6.20 Å². The summed E-state index contributed by atoms with van der Waals surface area (Å²) in [6.07, 6.45) is 1.74. The highest BCUT2D eigenvalue weighted by Gasteiger charge is 2.06. The Morgan fingerprint density at radius 1 is 1.16 bits per heavy atom. The zero-order chi connectivity index (χ0) is 13.7. The molecule has 0 atom stereocenters. The lowest BCUT2D eigenvalue weighted by atomic mass is 10.2. The summed E-state index contributed by atoms with van der Waals surface area (Å²) >= 11 is 5.88. The number of ether oxygens (including phenoxy) is 2. The number of aromatic nitrogens is 1. The third kappa shape index (κ3) is 3.61. The molecule has 0 radical (unpaired) electrons. The zero-order valence-corrected chi connectivity index (χ0v) is 11.8. The number of alkyl halides is 1. The Hall–Kier alpha value is -1.74. The maximum atomic E-state index is 5.88. The third-order valence-corrected chi connectivity index (χ3v) is 2.87. The van der Waals surface area contributed by atoms with Crippen molar-refractivity contribution in [1.29, 1.82) is 0 Å². The molecule has 0 amide bonds. The fourth-order valence-corrected chi connectivity index (χ4v) is 1.86. The predicted molar refractivity (Wildman–Crippen MR) is 76.2 cm³/mol. The van der Waals surface area contributed by atoms with Crippen molar-refractivity contribution < 1.29 is 9.47 Å². The summed E-state index contributed by atoms with van der Waals surface area (Å²) < 4.78 is 11.2. The minimum atomic E-state index is 0.375. The molecule has 1 aromatic carbocycles. The molecule has 0 saturated heterocycles. The molecule has 0 aliphatic carbocycles. The lowest BCUT2D eigenvalue weighted by Gasteiger charge is -2.10. The van der Waals surface area contributed by atoms with E-state index in [1.165, 1.54) is 0 Å². The molecule has 2 aromatic rings. The minimum absolute atomic E-state index is 0.375. The molecule has 0 bridgehead atoms. The van der Waals surface area contributed by atoms with E-state index in [1.807, 2.05) is 44.2 Å². The lowest BCUT2D eigenvalue weighted by molar-refractivity contribution is 0.339. The molecular formula is C15H16ClNO2. The number of hydrogen-bond donors (Lipinski definition) is 0. The van der Waals surface area contributed by atoms with Gasteiger partial charge in [0.15, 0.2) is 0 Å². The van der Waals surface area contributed by atoms with Gasteiger partial charge in [-0.1, -0.05) is 0 Å². The standard InChI is InChI=1S/C15H16ClNO2/c1-3-18-13-4-6-14(7-5-13)19-15-8-11(2)17-10-12(15)9-16/h4-8,10H,3,9H2,1-2H3. The average molecular weight is 278 g/mol. The molecule has 100 valence electrons. The summed E-state index contributed by atoms with van der Waals surface area (Å²) in [5.41, 5.74) is 1.77. The normalized spacial score (nSPS) is 10.3. The number of nitrogens with zero attached hydrogens (tertiary/aromatic N) is 1. The molecule has 0 N–H and O–H groups in total. The van der Waals surface area contributed by atoms with Crippen molar-refractivity contribution in [2.45, 2.75) is 19.7 Å². The van der Waals surface area contributed by atoms with Gasteiger partial charge < -0.3 is 9.47 Å². The van der Waals surface area contributed by atoms with E-state index in [0.29, 0.717) is 12.5 Å². The molecule has 0 fully saturated rings. The van der Waals surface area contributed by atoms with E-state index in [4.69, 9.17) is 21.1 Å². The second-order valence-corrected chi connectivity index (χ2v) is 4.34. The van der Waals surface area contributed by atoms with E-state index in [9.17, 15) is 0 Å². The monoisotopic (exact) mass is 277 g/mol. The van der Waals surface area contributed by atoms with Crippen LogP contribution in [0.15, 0.2) is 36.5 Å². The first-order valence-electron chi connectivity index (χ1n) is 6.15. The third-order valence-electron chi connectivity index (χ3n) is 2.59. The second-order valence-electron chi connectivity index (χ2n) is 4.07. The van der Waals surface area contributed by atoms with E-state index in [0.717, 1.165) is 28.5 Å². The van der Waals surface area contributed by atoms with Crippen LogP contribution in [0.5, 0.6) is 17.2 Å². The summed E-state index contributed by atoms with van der Waals surface area (Å²) in [6.45, 7) is 4.53. The van der Waals surface area contributed by atoms with Gasteiger partial charge in [0, 0.05) is 23.5 Å². The van der Waals surface area contributed by atoms with Crippen molar-refractivity contribution in [3.8, 4) is 17.2 Å². The van der Waals surface area contributed by atoms with Gasteiger partial charge in [-0.3, -0.25) is 4.98 Å². The van der Waals surface area contributed by atoms with Crippen molar-refractivity contribution in [1.82, 2.24) is 4.98 Å². The van der Waals surface area contributed by atoms with E-state index >= 15 is 0 Å². The molecule has 19 heavy (non-hydrogen) atoms. The Morgan fingerprint density at radius 2 is 1.84 bits per heavy atom. The second kappa shape index (κ2) is 6.43. The Balaban J connectivity index is 2.18. The van der Waals surface area contributed by atoms with Crippen LogP contribution in [0.1, 0.15) is 18.2 Å². The highest BCUT2D eigenvalue weighted by atomic mass is 35.5. The van der Waals surface area contributed by atoms with Gasteiger partial charge in [0.25, 0.3) is 0 Å². The topological polar surface area (TPSA) is 31.4 Å². The number of aryl methyl sites for hydroxylation is 1. The molecule has 1 heterocycles. The van der Waals surface area contributed by atoms with Crippen LogP contribution < -0.4 is 9.47 Å². The fourth-order valence-electron chi connectivity index (χ4n) is 1.66. The molecule has 0 spiro atoms. The molecule has 3 nitrogen and oxygen atoms in total. The average Bonchev–Trinajstić information content (AvgIpc) is 2.42. The van der Waals surface area contributed by atoms with Gasteiger partial charge in [0.05, 0.1) is 12.5 Å². The minimum Gasteiger partial charge on any atom is -0.494 e. The fraction of sp³-hybridized carbons (Fsp3) is 0.267. The highest BCUT2D eigenvalue weighted by molar-refractivity contribution is 6.17. The van der Waals surface area contributed by atoms with E-state index < -0.39 is 0 Å². The van der Waals surface area contributed by atoms with Gasteiger partial charge >= 0.3 is 0 Å². The van der Waals surface area contributed by atoms with Crippen molar-refractivity contribution in [3.63, 3.8) is 0 Å². The van der Waals surface area contributed by atoms with Gasteiger partial charge in [0.1, 0.15) is 17.2 Å². The van der Waals surface area contributed by atoms with Gasteiger partial charge in [0.2, 0.25) is 0 Å². The Bertz CT molecular complexity index is 540. The van der Waals surface area contributed by atoms with Crippen molar-refractivity contribution in [2.75, 3.05) is 6.61 Å². The van der Waals surface area contributed by atoms with Crippen LogP contribution in [0.25, 0.3) is 0 Å². The summed E-state index contributed by atoms with van der Waals surface area (Å²) in [5, 5.41) is 0. The number of halogens is 1. The van der Waals surface area contributed by atoms with Crippen molar-refractivity contribution in [2.24, 2.45) is 0 Å². The van der Waals surface area contributed by atoms with E-state index in [-0.39, 0.29) is 0 Å². The maximum absolute atomic E-state index is 5.88. The first-order chi connectivity index (χ1) is 9.22. The number of benzene rings is 1. The quantitative estimate of drug-likeness (QED) is 0.763. The van der Waals surface area contributed by atoms with E-state index in [2.05, 4.69) is 4.98 Å². The van der Waals surface area contributed by atoms with Crippen LogP contribution in [-0.4, -0.2) is 11.6 Å². The summed E-state index contributed by atoms with van der Waals surface area (Å²) in [5.74, 6) is 2.70. The summed E-state index contributed by atoms with van der Waals surface area (Å²) in [7, 11) is 0. The first-order valence-corrected chi connectivity index (χ1v) is 6.68. The molecule has 0 unspecified atom stereocenters. The van der Waals surface area contributed by atoms with Crippen LogP contribution >= 0.6 is 11.6 Å². The Labute approximate surface area is 118 Å². The molecule has 2 rings (SSSR count). The Morgan fingerprint density at radius 3 is 2.47 bits per heavy atom. The molecule has 4 heteroatoms. The molecule has 0 saturated carbocycles. The predicted octanol–water partition coefficient (Wildman–Crippen LogP) is 4.32. The van der Waals surface area contributed by atoms with Crippen LogP contribution in [0.2, 0.25) is 0 Å². The molecular weight excluding hydrogens is 262 g/mol.